The summed E-state index contributed by atoms with van der Waals surface area (Å²) in [6, 6.07) is 3.86. The van der Waals surface area contributed by atoms with Gasteiger partial charge in [-0.15, -0.1) is 0 Å². The van der Waals surface area contributed by atoms with E-state index in [0.29, 0.717) is 6.54 Å². The minimum atomic E-state index is 0.0102. The first-order chi connectivity index (χ1) is 10.8. The van der Waals surface area contributed by atoms with Crippen LogP contribution in [0.4, 0.5) is 5.95 Å². The molecule has 6 heteroatoms. The molecule has 0 atom stereocenters. The van der Waals surface area contributed by atoms with Gasteiger partial charge >= 0.3 is 0 Å². The second kappa shape index (κ2) is 5.61. The lowest BCUT2D eigenvalue weighted by atomic mass is 10.1. The van der Waals surface area contributed by atoms with E-state index in [1.165, 1.54) is 12.8 Å². The van der Waals surface area contributed by atoms with Crippen molar-refractivity contribution in [2.75, 3.05) is 24.5 Å². The van der Waals surface area contributed by atoms with Crippen molar-refractivity contribution >= 4 is 5.95 Å². The van der Waals surface area contributed by atoms with Gasteiger partial charge in [-0.1, -0.05) is 0 Å². The number of rotatable bonds is 3. The largest absolute Gasteiger partial charge is 0.468 e. The highest BCUT2D eigenvalue weighted by molar-refractivity contribution is 5.35. The highest BCUT2D eigenvalue weighted by Gasteiger charge is 2.23. The Kier molecular flexibility index (Phi) is 3.46. The Morgan fingerprint density at radius 2 is 2.14 bits per heavy atom. The van der Waals surface area contributed by atoms with E-state index in [-0.39, 0.29) is 5.56 Å². The molecule has 0 saturated carbocycles. The monoisotopic (exact) mass is 300 g/mol. The quantitative estimate of drug-likeness (QED) is 0.931. The van der Waals surface area contributed by atoms with E-state index in [2.05, 4.69) is 14.8 Å². The van der Waals surface area contributed by atoms with Crippen LogP contribution in [0.5, 0.6) is 0 Å². The molecular weight excluding hydrogens is 280 g/mol. The Hall–Kier alpha value is -2.08. The number of fused-ring (bicyclic) bond motifs is 1. The maximum absolute atomic E-state index is 12.4. The fourth-order valence-corrected chi connectivity index (χ4v) is 3.30. The molecule has 0 radical (unpaired) electrons. The molecule has 4 rings (SSSR count). The van der Waals surface area contributed by atoms with Crippen LogP contribution in [0.1, 0.15) is 29.9 Å². The van der Waals surface area contributed by atoms with Crippen molar-refractivity contribution in [1.29, 1.82) is 0 Å². The molecule has 0 spiro atoms. The fraction of sp³-hybridized carbons (Fsp3) is 0.500. The van der Waals surface area contributed by atoms with Gasteiger partial charge in [0.2, 0.25) is 5.95 Å². The van der Waals surface area contributed by atoms with Crippen LogP contribution in [0, 0.1) is 0 Å². The van der Waals surface area contributed by atoms with Crippen LogP contribution in [0.2, 0.25) is 0 Å². The van der Waals surface area contributed by atoms with Crippen molar-refractivity contribution < 1.29 is 4.42 Å². The summed E-state index contributed by atoms with van der Waals surface area (Å²) in [6.07, 6.45) is 4.86. The number of hydrogen-bond acceptors (Lipinski definition) is 5. The number of furan rings is 1. The Balaban J connectivity index is 1.56. The third-order valence-corrected chi connectivity index (χ3v) is 4.50. The zero-order valence-electron chi connectivity index (χ0n) is 12.5. The summed E-state index contributed by atoms with van der Waals surface area (Å²) in [5, 5.41) is 0. The van der Waals surface area contributed by atoms with Crippen LogP contribution in [-0.2, 0) is 19.5 Å². The summed E-state index contributed by atoms with van der Waals surface area (Å²) in [5.41, 5.74) is 1.78. The van der Waals surface area contributed by atoms with Crippen LogP contribution in [0.3, 0.4) is 0 Å². The summed E-state index contributed by atoms with van der Waals surface area (Å²) in [5.74, 6) is 1.68. The zero-order chi connectivity index (χ0) is 14.9. The molecule has 0 aliphatic carbocycles. The smallest absolute Gasteiger partial charge is 0.257 e. The number of aromatic amines is 1. The molecule has 4 heterocycles. The second-order valence-electron chi connectivity index (χ2n) is 6.05. The van der Waals surface area contributed by atoms with Crippen LogP contribution in [0.15, 0.2) is 27.6 Å². The van der Waals surface area contributed by atoms with E-state index < -0.39 is 0 Å². The van der Waals surface area contributed by atoms with Crippen molar-refractivity contribution in [2.45, 2.75) is 32.4 Å². The van der Waals surface area contributed by atoms with E-state index in [9.17, 15) is 4.79 Å². The van der Waals surface area contributed by atoms with E-state index in [1.54, 1.807) is 6.26 Å². The number of H-pyrrole nitrogens is 1. The summed E-state index contributed by atoms with van der Waals surface area (Å²) in [7, 11) is 0. The van der Waals surface area contributed by atoms with Crippen molar-refractivity contribution in [1.82, 2.24) is 14.9 Å². The Morgan fingerprint density at radius 1 is 1.27 bits per heavy atom. The molecule has 1 saturated heterocycles. The van der Waals surface area contributed by atoms with Gasteiger partial charge in [-0.3, -0.25) is 14.7 Å². The molecule has 2 aromatic heterocycles. The maximum atomic E-state index is 12.4. The highest BCUT2D eigenvalue weighted by Crippen LogP contribution is 2.20. The Bertz CT molecular complexity index is 701. The van der Waals surface area contributed by atoms with Gasteiger partial charge < -0.3 is 9.32 Å². The van der Waals surface area contributed by atoms with Crippen molar-refractivity contribution in [3.05, 3.63) is 45.8 Å². The third-order valence-electron chi connectivity index (χ3n) is 4.50. The second-order valence-corrected chi connectivity index (χ2v) is 6.05. The van der Waals surface area contributed by atoms with Crippen LogP contribution >= 0.6 is 0 Å². The van der Waals surface area contributed by atoms with E-state index >= 15 is 0 Å². The van der Waals surface area contributed by atoms with Crippen molar-refractivity contribution in [2.24, 2.45) is 0 Å². The Labute approximate surface area is 128 Å². The maximum Gasteiger partial charge on any atom is 0.257 e. The molecule has 1 fully saturated rings. The number of hydrogen-bond donors (Lipinski definition) is 1. The summed E-state index contributed by atoms with van der Waals surface area (Å²) >= 11 is 0. The number of nitrogens with zero attached hydrogens (tertiary/aromatic N) is 3. The lowest BCUT2D eigenvalue weighted by molar-refractivity contribution is 0.222. The average Bonchev–Trinajstić information content (AvgIpc) is 3.20. The summed E-state index contributed by atoms with van der Waals surface area (Å²) in [4.78, 5) is 24.5. The predicted octanol–water partition coefficient (Wildman–Crippen LogP) is 1.52. The molecule has 0 amide bonds. The van der Waals surface area contributed by atoms with Crippen LogP contribution in [-0.4, -0.2) is 34.5 Å². The van der Waals surface area contributed by atoms with Gasteiger partial charge in [0.1, 0.15) is 5.76 Å². The predicted molar refractivity (Wildman–Crippen MR) is 82.8 cm³/mol. The van der Waals surface area contributed by atoms with Crippen LogP contribution in [0.25, 0.3) is 0 Å². The van der Waals surface area contributed by atoms with Gasteiger partial charge in [-0.25, -0.2) is 4.98 Å². The molecule has 2 aliphatic heterocycles. The van der Waals surface area contributed by atoms with E-state index in [1.807, 2.05) is 12.1 Å². The topological polar surface area (TPSA) is 65.4 Å². The molecule has 0 aromatic carbocycles. The minimum absolute atomic E-state index is 0.0102. The number of aromatic nitrogens is 2. The summed E-state index contributed by atoms with van der Waals surface area (Å²) in [6.45, 7) is 4.26. The molecule has 0 bridgehead atoms. The standard InChI is InChI=1S/C16H20N4O2/c21-15-13-11-19(10-12-4-3-9-22-12)8-5-14(13)17-16(18-15)20-6-1-2-7-20/h3-4,9H,1-2,5-8,10-11H2,(H,17,18,21). The number of nitrogens with one attached hydrogen (secondary N) is 1. The first-order valence-corrected chi connectivity index (χ1v) is 7.91. The van der Waals surface area contributed by atoms with Gasteiger partial charge in [0.15, 0.2) is 0 Å². The van der Waals surface area contributed by atoms with Gasteiger partial charge in [0.05, 0.1) is 24.1 Å². The SMILES string of the molecule is O=c1[nH]c(N2CCCC2)nc2c1CN(Cc1ccco1)CC2. The van der Waals surface area contributed by atoms with Crippen molar-refractivity contribution in [3.63, 3.8) is 0 Å². The minimum Gasteiger partial charge on any atom is -0.468 e. The summed E-state index contributed by atoms with van der Waals surface area (Å²) < 4.78 is 5.39. The van der Waals surface area contributed by atoms with Gasteiger partial charge in [-0.2, -0.15) is 0 Å². The molecule has 2 aromatic rings. The first-order valence-electron chi connectivity index (χ1n) is 7.91. The molecule has 1 N–H and O–H groups in total. The lowest BCUT2D eigenvalue weighted by Crippen LogP contribution is -2.36. The molecule has 22 heavy (non-hydrogen) atoms. The van der Waals surface area contributed by atoms with E-state index in [4.69, 9.17) is 9.40 Å². The lowest BCUT2D eigenvalue weighted by Gasteiger charge is -2.27. The zero-order valence-corrected chi connectivity index (χ0v) is 12.5. The Morgan fingerprint density at radius 3 is 2.91 bits per heavy atom. The normalized spacial score (nSPS) is 18.6. The van der Waals surface area contributed by atoms with Gasteiger partial charge in [-0.05, 0) is 25.0 Å². The molecule has 116 valence electrons. The van der Waals surface area contributed by atoms with Crippen molar-refractivity contribution in [3.8, 4) is 0 Å². The molecule has 6 nitrogen and oxygen atoms in total. The average molecular weight is 300 g/mol. The first kappa shape index (κ1) is 13.6. The van der Waals surface area contributed by atoms with Crippen LogP contribution < -0.4 is 10.5 Å². The molecule has 2 aliphatic rings. The fourth-order valence-electron chi connectivity index (χ4n) is 3.30. The molecule has 0 unspecified atom stereocenters. The van der Waals surface area contributed by atoms with Gasteiger partial charge in [0.25, 0.3) is 5.56 Å². The highest BCUT2D eigenvalue weighted by atomic mass is 16.3. The molecular formula is C16H20N4O2. The number of anilines is 1. The van der Waals surface area contributed by atoms with Gasteiger partial charge in [0, 0.05) is 32.6 Å². The third kappa shape index (κ3) is 2.54. The van der Waals surface area contributed by atoms with E-state index in [0.717, 1.165) is 55.6 Å².